The van der Waals surface area contributed by atoms with Crippen molar-refractivity contribution in [3.05, 3.63) is 40.5 Å². The summed E-state index contributed by atoms with van der Waals surface area (Å²) in [5.41, 5.74) is 2.25. The molecule has 0 atom stereocenters. The van der Waals surface area contributed by atoms with Gasteiger partial charge in [-0.2, -0.15) is 5.10 Å². The van der Waals surface area contributed by atoms with Gasteiger partial charge in [-0.25, -0.2) is 0 Å². The van der Waals surface area contributed by atoms with Crippen molar-refractivity contribution in [2.75, 3.05) is 20.3 Å². The quantitative estimate of drug-likeness (QED) is 0.793. The van der Waals surface area contributed by atoms with Crippen LogP contribution in [0.5, 0.6) is 0 Å². The van der Waals surface area contributed by atoms with Gasteiger partial charge < -0.3 is 10.1 Å². The van der Waals surface area contributed by atoms with Crippen molar-refractivity contribution in [2.45, 2.75) is 23.4 Å². The zero-order valence-corrected chi connectivity index (χ0v) is 14.1. The number of nitrogens with zero attached hydrogens (tertiary/aromatic N) is 2. The molecule has 0 aliphatic heterocycles. The van der Waals surface area contributed by atoms with Gasteiger partial charge in [0.05, 0.1) is 17.3 Å². The van der Waals surface area contributed by atoms with E-state index in [0.29, 0.717) is 6.61 Å². The summed E-state index contributed by atoms with van der Waals surface area (Å²) in [6.45, 7) is 4.33. The first-order chi connectivity index (χ1) is 10.1. The fourth-order valence-electron chi connectivity index (χ4n) is 2.03. The fraction of sp³-hybridized carbons (Fsp3) is 0.400. The normalized spacial score (nSPS) is 11.0. The summed E-state index contributed by atoms with van der Waals surface area (Å²) >= 11 is 7.90. The minimum Gasteiger partial charge on any atom is -0.383 e. The maximum Gasteiger partial charge on any atom is 0.103 e. The number of aromatic nitrogens is 2. The predicted molar refractivity (Wildman–Crippen MR) is 87.1 cm³/mol. The molecule has 4 nitrogen and oxygen atoms in total. The van der Waals surface area contributed by atoms with Crippen LogP contribution in [-0.4, -0.2) is 30.0 Å². The van der Waals surface area contributed by atoms with Crippen LogP contribution >= 0.6 is 23.4 Å². The second kappa shape index (κ2) is 7.84. The van der Waals surface area contributed by atoms with Gasteiger partial charge in [0.15, 0.2) is 0 Å². The molecule has 114 valence electrons. The Labute approximate surface area is 134 Å². The first-order valence-corrected chi connectivity index (χ1v) is 7.97. The molecule has 0 radical (unpaired) electrons. The molecule has 0 unspecified atom stereocenters. The van der Waals surface area contributed by atoms with Crippen molar-refractivity contribution in [2.24, 2.45) is 7.05 Å². The molecule has 2 rings (SSSR count). The number of hydrogen-bond donors (Lipinski definition) is 1. The molecule has 0 saturated heterocycles. The molecule has 0 amide bonds. The van der Waals surface area contributed by atoms with Crippen LogP contribution in [0.25, 0.3) is 0 Å². The molecule has 1 aromatic heterocycles. The number of hydrogen-bond acceptors (Lipinski definition) is 4. The lowest BCUT2D eigenvalue weighted by atomic mass is 10.2. The average molecular weight is 326 g/mol. The maximum absolute atomic E-state index is 6.25. The smallest absolute Gasteiger partial charge is 0.103 e. The highest BCUT2D eigenvalue weighted by atomic mass is 35.5. The summed E-state index contributed by atoms with van der Waals surface area (Å²) in [5, 5.41) is 9.77. The lowest BCUT2D eigenvalue weighted by molar-refractivity contribution is 0.199. The highest BCUT2D eigenvalue weighted by Gasteiger charge is 2.15. The predicted octanol–water partition coefficient (Wildman–Crippen LogP) is 3.27. The molecule has 0 saturated carbocycles. The number of aryl methyl sites for hydroxylation is 2. The number of halogens is 1. The van der Waals surface area contributed by atoms with Crippen LogP contribution in [0.4, 0.5) is 0 Å². The Hall–Kier alpha value is -1.01. The highest BCUT2D eigenvalue weighted by Crippen LogP contribution is 2.35. The number of ether oxygens (including phenoxy) is 1. The molecule has 1 heterocycles. The molecule has 2 aromatic rings. The first kappa shape index (κ1) is 16.4. The topological polar surface area (TPSA) is 39.1 Å². The molecule has 0 aliphatic rings. The third kappa shape index (κ3) is 4.23. The van der Waals surface area contributed by atoms with Crippen LogP contribution < -0.4 is 5.32 Å². The highest BCUT2D eigenvalue weighted by molar-refractivity contribution is 7.99. The summed E-state index contributed by atoms with van der Waals surface area (Å²) in [7, 11) is 3.67. The fourth-order valence-corrected chi connectivity index (χ4v) is 3.32. The molecule has 0 aliphatic carbocycles. The Morgan fingerprint density at radius 2 is 2.14 bits per heavy atom. The molecule has 1 aromatic carbocycles. The minimum absolute atomic E-state index is 0.701. The van der Waals surface area contributed by atoms with Crippen molar-refractivity contribution in [3.8, 4) is 0 Å². The molecule has 0 bridgehead atoms. The largest absolute Gasteiger partial charge is 0.383 e. The van der Waals surface area contributed by atoms with E-state index in [1.54, 1.807) is 18.9 Å². The Morgan fingerprint density at radius 3 is 2.86 bits per heavy atom. The standard InChI is InChI=1S/C15H20ClN3OS/c1-11-12(10-17-8-9-20-3)15(19(2)18-11)21-14-7-5-4-6-13(14)16/h4-7,17H,8-10H2,1-3H3. The summed E-state index contributed by atoms with van der Waals surface area (Å²) in [6.07, 6.45) is 0. The summed E-state index contributed by atoms with van der Waals surface area (Å²) < 4.78 is 6.96. The Kier molecular flexibility index (Phi) is 6.11. The molecular weight excluding hydrogens is 306 g/mol. The Balaban J connectivity index is 2.16. The number of rotatable bonds is 7. The van der Waals surface area contributed by atoms with Gasteiger partial charge >= 0.3 is 0 Å². The van der Waals surface area contributed by atoms with Gasteiger partial charge in [0.25, 0.3) is 0 Å². The van der Waals surface area contributed by atoms with E-state index < -0.39 is 0 Å². The van der Waals surface area contributed by atoms with E-state index >= 15 is 0 Å². The molecular formula is C15H20ClN3OS. The minimum atomic E-state index is 0.701. The van der Waals surface area contributed by atoms with E-state index in [2.05, 4.69) is 10.4 Å². The van der Waals surface area contributed by atoms with E-state index in [1.165, 1.54) is 5.56 Å². The van der Waals surface area contributed by atoms with Crippen molar-refractivity contribution >= 4 is 23.4 Å². The van der Waals surface area contributed by atoms with Gasteiger partial charge in [0, 0.05) is 37.7 Å². The second-order valence-electron chi connectivity index (χ2n) is 4.69. The van der Waals surface area contributed by atoms with E-state index in [4.69, 9.17) is 16.3 Å². The van der Waals surface area contributed by atoms with Gasteiger partial charge in [-0.3, -0.25) is 4.68 Å². The summed E-state index contributed by atoms with van der Waals surface area (Å²) in [6, 6.07) is 7.86. The van der Waals surface area contributed by atoms with E-state index in [0.717, 1.165) is 33.7 Å². The Bertz CT molecular complexity index is 601. The molecule has 1 N–H and O–H groups in total. The van der Waals surface area contributed by atoms with Gasteiger partial charge in [0.1, 0.15) is 5.03 Å². The number of methoxy groups -OCH3 is 1. The zero-order valence-electron chi connectivity index (χ0n) is 12.5. The number of nitrogens with one attached hydrogen (secondary N) is 1. The summed E-state index contributed by atoms with van der Waals surface area (Å²) in [5.74, 6) is 0. The second-order valence-corrected chi connectivity index (χ2v) is 6.13. The van der Waals surface area contributed by atoms with Crippen molar-refractivity contribution < 1.29 is 4.74 Å². The lowest BCUT2D eigenvalue weighted by Gasteiger charge is -2.09. The first-order valence-electron chi connectivity index (χ1n) is 6.78. The number of benzene rings is 1. The monoisotopic (exact) mass is 325 g/mol. The van der Waals surface area contributed by atoms with Crippen LogP contribution in [0.2, 0.25) is 5.02 Å². The van der Waals surface area contributed by atoms with Gasteiger partial charge in [-0.15, -0.1) is 0 Å². The Morgan fingerprint density at radius 1 is 1.38 bits per heavy atom. The third-order valence-electron chi connectivity index (χ3n) is 3.12. The lowest BCUT2D eigenvalue weighted by Crippen LogP contribution is -2.19. The molecule has 0 fully saturated rings. The van der Waals surface area contributed by atoms with Crippen molar-refractivity contribution in [1.29, 1.82) is 0 Å². The van der Waals surface area contributed by atoms with Crippen LogP contribution in [0.15, 0.2) is 34.2 Å². The van der Waals surface area contributed by atoms with E-state index in [9.17, 15) is 0 Å². The average Bonchev–Trinajstić information content (AvgIpc) is 2.72. The molecule has 6 heteroatoms. The van der Waals surface area contributed by atoms with Crippen LogP contribution in [0.1, 0.15) is 11.3 Å². The SMILES string of the molecule is COCCNCc1c(C)nn(C)c1Sc1ccccc1Cl. The van der Waals surface area contributed by atoms with Crippen molar-refractivity contribution in [3.63, 3.8) is 0 Å². The van der Waals surface area contributed by atoms with E-state index in [-0.39, 0.29) is 0 Å². The van der Waals surface area contributed by atoms with Crippen LogP contribution in [0, 0.1) is 6.92 Å². The van der Waals surface area contributed by atoms with Gasteiger partial charge in [0.2, 0.25) is 0 Å². The molecule has 21 heavy (non-hydrogen) atoms. The van der Waals surface area contributed by atoms with Crippen LogP contribution in [-0.2, 0) is 18.3 Å². The van der Waals surface area contributed by atoms with Gasteiger partial charge in [-0.1, -0.05) is 35.5 Å². The van der Waals surface area contributed by atoms with Gasteiger partial charge in [-0.05, 0) is 19.1 Å². The third-order valence-corrected chi connectivity index (χ3v) is 4.84. The summed E-state index contributed by atoms with van der Waals surface area (Å²) in [4.78, 5) is 1.04. The van der Waals surface area contributed by atoms with Crippen LogP contribution in [0.3, 0.4) is 0 Å². The van der Waals surface area contributed by atoms with Crippen molar-refractivity contribution in [1.82, 2.24) is 15.1 Å². The van der Waals surface area contributed by atoms with E-state index in [1.807, 2.05) is 42.9 Å². The molecule has 0 spiro atoms. The maximum atomic E-state index is 6.25. The zero-order chi connectivity index (χ0) is 15.2.